The number of nitrogens with one attached hydrogen (secondary N) is 1. The lowest BCUT2D eigenvalue weighted by Crippen LogP contribution is -2.49. The Bertz CT molecular complexity index is 800. The molecule has 3 heterocycles. The summed E-state index contributed by atoms with van der Waals surface area (Å²) < 4.78 is 0. The zero-order valence-electron chi connectivity index (χ0n) is 15.0. The molecule has 0 spiro atoms. The average Bonchev–Trinajstić information content (AvgIpc) is 3.29. The Morgan fingerprint density at radius 1 is 1.23 bits per heavy atom. The smallest absolute Gasteiger partial charge is 0.264 e. The number of carbonyl (C=O) groups is 1. The largest absolute Gasteiger partial charge is 0.336 e. The van der Waals surface area contributed by atoms with Crippen LogP contribution in [0, 0.1) is 6.92 Å². The predicted molar refractivity (Wildman–Crippen MR) is 108 cm³/mol. The van der Waals surface area contributed by atoms with Crippen molar-refractivity contribution in [3.63, 3.8) is 0 Å². The minimum absolute atomic E-state index is 0.170. The quantitative estimate of drug-likeness (QED) is 0.872. The zero-order chi connectivity index (χ0) is 18.1. The van der Waals surface area contributed by atoms with E-state index >= 15 is 0 Å². The Labute approximate surface area is 163 Å². The average molecular weight is 390 g/mol. The molecule has 1 unspecified atom stereocenters. The molecule has 4 rings (SSSR count). The molecule has 1 aromatic carbocycles. The SMILES string of the molecule is Cc1cc(C(=O)N2CCC(N3CCNCC3)C2)sc1-c1cccc(Cl)c1. The van der Waals surface area contributed by atoms with Crippen molar-refractivity contribution in [2.24, 2.45) is 0 Å². The number of likely N-dealkylation sites (tertiary alicyclic amines) is 1. The third-order valence-corrected chi connectivity index (χ3v) is 6.84. The van der Waals surface area contributed by atoms with Gasteiger partial charge in [0.25, 0.3) is 5.91 Å². The Morgan fingerprint density at radius 3 is 2.81 bits per heavy atom. The lowest BCUT2D eigenvalue weighted by Gasteiger charge is -2.32. The summed E-state index contributed by atoms with van der Waals surface area (Å²) in [5.74, 6) is 0.170. The monoisotopic (exact) mass is 389 g/mol. The van der Waals surface area contributed by atoms with E-state index in [2.05, 4.69) is 23.2 Å². The normalized spacial score (nSPS) is 21.3. The van der Waals surface area contributed by atoms with E-state index in [-0.39, 0.29) is 5.91 Å². The Morgan fingerprint density at radius 2 is 2.04 bits per heavy atom. The van der Waals surface area contributed by atoms with Crippen LogP contribution in [0.25, 0.3) is 10.4 Å². The van der Waals surface area contributed by atoms with E-state index < -0.39 is 0 Å². The first kappa shape index (κ1) is 18.0. The number of amides is 1. The van der Waals surface area contributed by atoms with Crippen LogP contribution in [0.1, 0.15) is 21.7 Å². The lowest BCUT2D eigenvalue weighted by atomic mass is 10.1. The van der Waals surface area contributed by atoms with Crippen molar-refractivity contribution >= 4 is 28.8 Å². The van der Waals surface area contributed by atoms with Gasteiger partial charge in [0.05, 0.1) is 4.88 Å². The Kier molecular flexibility index (Phi) is 5.32. The minimum atomic E-state index is 0.170. The Hall–Kier alpha value is -1.40. The van der Waals surface area contributed by atoms with Gasteiger partial charge in [-0.3, -0.25) is 9.69 Å². The van der Waals surface area contributed by atoms with Gasteiger partial charge in [0.2, 0.25) is 0 Å². The Balaban J connectivity index is 1.48. The maximum atomic E-state index is 13.0. The fraction of sp³-hybridized carbons (Fsp3) is 0.450. The van der Waals surface area contributed by atoms with E-state index in [9.17, 15) is 4.79 Å². The van der Waals surface area contributed by atoms with Gasteiger partial charge in [-0.2, -0.15) is 0 Å². The number of hydrogen-bond acceptors (Lipinski definition) is 4. The summed E-state index contributed by atoms with van der Waals surface area (Å²) in [6.07, 6.45) is 1.08. The molecule has 2 saturated heterocycles. The topological polar surface area (TPSA) is 35.6 Å². The molecule has 0 bridgehead atoms. The lowest BCUT2D eigenvalue weighted by molar-refractivity contribution is 0.0778. The first-order chi connectivity index (χ1) is 12.6. The van der Waals surface area contributed by atoms with Crippen molar-refractivity contribution in [3.8, 4) is 10.4 Å². The molecule has 2 fully saturated rings. The second kappa shape index (κ2) is 7.69. The van der Waals surface area contributed by atoms with Crippen LogP contribution in [0.4, 0.5) is 0 Å². The first-order valence-corrected chi connectivity index (χ1v) is 10.4. The van der Waals surface area contributed by atoms with Crippen molar-refractivity contribution in [1.29, 1.82) is 0 Å². The van der Waals surface area contributed by atoms with Gasteiger partial charge in [-0.25, -0.2) is 0 Å². The molecule has 2 aromatic rings. The van der Waals surface area contributed by atoms with E-state index in [4.69, 9.17) is 11.6 Å². The molecule has 138 valence electrons. The van der Waals surface area contributed by atoms with Gasteiger partial charge < -0.3 is 10.2 Å². The second-order valence-electron chi connectivity index (χ2n) is 7.11. The van der Waals surface area contributed by atoms with Gasteiger partial charge >= 0.3 is 0 Å². The number of benzene rings is 1. The number of piperazine rings is 1. The molecule has 4 nitrogen and oxygen atoms in total. The molecular formula is C20H24ClN3OS. The van der Waals surface area contributed by atoms with Crippen LogP contribution in [0.2, 0.25) is 5.02 Å². The van der Waals surface area contributed by atoms with E-state index in [1.807, 2.05) is 29.2 Å². The van der Waals surface area contributed by atoms with Crippen LogP contribution in [0.15, 0.2) is 30.3 Å². The molecule has 2 aliphatic rings. The van der Waals surface area contributed by atoms with Crippen molar-refractivity contribution in [2.75, 3.05) is 39.3 Å². The summed E-state index contributed by atoms with van der Waals surface area (Å²) in [5.41, 5.74) is 2.22. The van der Waals surface area contributed by atoms with Crippen LogP contribution in [-0.2, 0) is 0 Å². The molecular weight excluding hydrogens is 366 g/mol. The van der Waals surface area contributed by atoms with Crippen LogP contribution in [0.5, 0.6) is 0 Å². The number of aryl methyl sites for hydroxylation is 1. The number of thiophene rings is 1. The van der Waals surface area contributed by atoms with Crippen molar-refractivity contribution in [1.82, 2.24) is 15.1 Å². The highest BCUT2D eigenvalue weighted by atomic mass is 35.5. The molecule has 1 N–H and O–H groups in total. The van der Waals surface area contributed by atoms with Crippen molar-refractivity contribution in [3.05, 3.63) is 45.8 Å². The van der Waals surface area contributed by atoms with Crippen LogP contribution < -0.4 is 5.32 Å². The molecule has 1 atom stereocenters. The maximum absolute atomic E-state index is 13.0. The van der Waals surface area contributed by atoms with Gasteiger partial charge in [0, 0.05) is 55.2 Å². The van der Waals surface area contributed by atoms with Crippen LogP contribution in [0.3, 0.4) is 0 Å². The highest BCUT2D eigenvalue weighted by Crippen LogP contribution is 2.34. The van der Waals surface area contributed by atoms with E-state index in [1.54, 1.807) is 11.3 Å². The number of hydrogen-bond donors (Lipinski definition) is 1. The standard InChI is InChI=1S/C20H24ClN3OS/c1-14-11-18(26-19(14)15-3-2-4-16(21)12-15)20(25)24-8-5-17(13-24)23-9-6-22-7-10-23/h2-4,11-12,17,22H,5-10,13H2,1H3. The molecule has 0 aliphatic carbocycles. The molecule has 6 heteroatoms. The number of nitrogens with zero attached hydrogens (tertiary/aromatic N) is 2. The van der Waals surface area contributed by atoms with Gasteiger partial charge in [-0.1, -0.05) is 23.7 Å². The summed E-state index contributed by atoms with van der Waals surface area (Å²) in [5, 5.41) is 4.12. The van der Waals surface area contributed by atoms with E-state index in [0.29, 0.717) is 6.04 Å². The second-order valence-corrected chi connectivity index (χ2v) is 8.60. The maximum Gasteiger partial charge on any atom is 0.264 e. The highest BCUT2D eigenvalue weighted by Gasteiger charge is 2.32. The predicted octanol–water partition coefficient (Wildman–Crippen LogP) is 3.50. The highest BCUT2D eigenvalue weighted by molar-refractivity contribution is 7.17. The van der Waals surface area contributed by atoms with E-state index in [1.165, 1.54) is 0 Å². The number of halogens is 1. The fourth-order valence-electron chi connectivity index (χ4n) is 3.93. The minimum Gasteiger partial charge on any atom is -0.336 e. The number of rotatable bonds is 3. The third-order valence-electron chi connectivity index (χ3n) is 5.33. The molecule has 1 aromatic heterocycles. The summed E-state index contributed by atoms with van der Waals surface area (Å²) >= 11 is 7.71. The summed E-state index contributed by atoms with van der Waals surface area (Å²) in [7, 11) is 0. The first-order valence-electron chi connectivity index (χ1n) is 9.22. The summed E-state index contributed by atoms with van der Waals surface area (Å²) in [6.45, 7) is 8.05. The molecule has 2 aliphatic heterocycles. The zero-order valence-corrected chi connectivity index (χ0v) is 16.6. The van der Waals surface area contributed by atoms with Gasteiger partial charge in [-0.15, -0.1) is 11.3 Å². The van der Waals surface area contributed by atoms with Gasteiger partial charge in [0.1, 0.15) is 0 Å². The molecule has 0 radical (unpaired) electrons. The van der Waals surface area contributed by atoms with Gasteiger partial charge in [-0.05, 0) is 42.7 Å². The number of carbonyl (C=O) groups excluding carboxylic acids is 1. The van der Waals surface area contributed by atoms with Gasteiger partial charge in [0.15, 0.2) is 0 Å². The molecule has 1 amide bonds. The molecule has 26 heavy (non-hydrogen) atoms. The van der Waals surface area contributed by atoms with Crippen molar-refractivity contribution < 1.29 is 4.79 Å². The van der Waals surface area contributed by atoms with Crippen molar-refractivity contribution in [2.45, 2.75) is 19.4 Å². The third kappa shape index (κ3) is 3.67. The summed E-state index contributed by atoms with van der Waals surface area (Å²) in [4.78, 5) is 19.5. The van der Waals surface area contributed by atoms with E-state index in [0.717, 1.165) is 71.6 Å². The summed E-state index contributed by atoms with van der Waals surface area (Å²) in [6, 6.07) is 10.4. The van der Waals surface area contributed by atoms with Crippen LogP contribution >= 0.6 is 22.9 Å². The fourth-order valence-corrected chi connectivity index (χ4v) is 5.26. The molecule has 0 saturated carbocycles. The van der Waals surface area contributed by atoms with Crippen LogP contribution in [-0.4, -0.2) is 61.0 Å².